The number of esters is 2. The van der Waals surface area contributed by atoms with Gasteiger partial charge in [-0.3, -0.25) is 9.59 Å². The summed E-state index contributed by atoms with van der Waals surface area (Å²) >= 11 is 0. The molecule has 5 heteroatoms. The van der Waals surface area contributed by atoms with Gasteiger partial charge in [0.25, 0.3) is 0 Å². The molecule has 0 aromatic carbocycles. The summed E-state index contributed by atoms with van der Waals surface area (Å²) in [6.45, 7) is 4.01. The number of carbonyl (C=O) groups excluding carboxylic acids is 2. The molecular weight excluding hydrogens is 909 g/mol. The summed E-state index contributed by atoms with van der Waals surface area (Å²) in [7, 11) is 0. The van der Waals surface area contributed by atoms with Crippen molar-refractivity contribution < 1.29 is 24.2 Å². The number of allylic oxidation sites excluding steroid dienone is 20. The summed E-state index contributed by atoms with van der Waals surface area (Å²) in [5.41, 5.74) is 0. The quantitative estimate of drug-likeness (QED) is 0.0373. The lowest BCUT2D eigenvalue weighted by Crippen LogP contribution is -2.28. The highest BCUT2D eigenvalue weighted by atomic mass is 16.6. The topological polar surface area (TPSA) is 72.8 Å². The molecule has 5 nitrogen and oxygen atoms in total. The zero-order valence-electron chi connectivity index (χ0n) is 48.3. The molecule has 0 aliphatic carbocycles. The summed E-state index contributed by atoms with van der Waals surface area (Å²) in [5.74, 6) is -0.619. The van der Waals surface area contributed by atoms with E-state index in [-0.39, 0.29) is 25.2 Å². The zero-order chi connectivity index (χ0) is 53.4. The molecule has 74 heavy (non-hydrogen) atoms. The van der Waals surface area contributed by atoms with Crippen molar-refractivity contribution >= 4 is 11.9 Å². The number of aliphatic hydroxyl groups excluding tert-OH is 1. The Morgan fingerprint density at radius 1 is 0.324 bits per heavy atom. The number of unbranched alkanes of at least 4 members (excludes halogenated alkanes) is 28. The molecule has 1 unspecified atom stereocenters. The van der Waals surface area contributed by atoms with Crippen molar-refractivity contribution in [1.82, 2.24) is 0 Å². The molecule has 422 valence electrons. The van der Waals surface area contributed by atoms with Crippen molar-refractivity contribution in [1.29, 1.82) is 0 Å². The lowest BCUT2D eigenvalue weighted by Gasteiger charge is -2.15. The lowest BCUT2D eigenvalue weighted by molar-refractivity contribution is -0.161. The fourth-order valence-electron chi connectivity index (χ4n) is 8.60. The Morgan fingerprint density at radius 3 is 0.878 bits per heavy atom. The molecule has 0 saturated carbocycles. The molecule has 0 saturated heterocycles. The second-order valence-corrected chi connectivity index (χ2v) is 20.4. The molecular formula is C69H116O5. The van der Waals surface area contributed by atoms with Crippen molar-refractivity contribution in [2.45, 2.75) is 290 Å². The van der Waals surface area contributed by atoms with Gasteiger partial charge in [-0.25, -0.2) is 0 Å². The normalized spacial score (nSPS) is 13.1. The van der Waals surface area contributed by atoms with Crippen LogP contribution in [0.2, 0.25) is 0 Å². The number of rotatable bonds is 56. The van der Waals surface area contributed by atoms with Crippen molar-refractivity contribution in [3.63, 3.8) is 0 Å². The van der Waals surface area contributed by atoms with Crippen LogP contribution in [0.25, 0.3) is 0 Å². The number of hydrogen-bond donors (Lipinski definition) is 1. The van der Waals surface area contributed by atoms with Gasteiger partial charge in [0.05, 0.1) is 6.61 Å². The molecule has 1 N–H and O–H groups in total. The van der Waals surface area contributed by atoms with Crippen LogP contribution in [0.5, 0.6) is 0 Å². The van der Waals surface area contributed by atoms with E-state index in [2.05, 4.69) is 135 Å². The predicted octanol–water partition coefficient (Wildman–Crippen LogP) is 21.4. The van der Waals surface area contributed by atoms with Crippen LogP contribution >= 0.6 is 0 Å². The molecule has 0 amide bonds. The maximum Gasteiger partial charge on any atom is 0.306 e. The Hall–Kier alpha value is -3.70. The van der Waals surface area contributed by atoms with Gasteiger partial charge >= 0.3 is 11.9 Å². The van der Waals surface area contributed by atoms with Gasteiger partial charge in [0, 0.05) is 12.8 Å². The standard InChI is InChI=1S/C69H116O5/c1-3-5-7-9-11-13-15-17-19-21-23-25-27-29-31-33-34-36-37-39-41-43-45-47-49-51-53-55-57-59-61-63-68(71)73-66-67(65-70)74-69(72)64-62-60-58-56-54-52-50-48-46-44-42-40-38-35-32-30-28-26-24-22-20-18-16-14-12-10-8-6-4-2/h6,8,12,14-15,17-18,20-21,23-24,26,30,32,38,40,44,46,50,52,67,70H,3-5,7,9-11,13,16,19,22,25,27-29,31,33-37,39,41-43,45,47-49,51,53-66H2,1-2H3/b8-6-,14-12-,17-15-,20-18-,23-21-,26-24-,32-30-,40-38-,46-44-,52-50-. The fourth-order valence-corrected chi connectivity index (χ4v) is 8.60. The first-order valence-corrected chi connectivity index (χ1v) is 31.1. The van der Waals surface area contributed by atoms with Crippen molar-refractivity contribution in [2.24, 2.45) is 0 Å². The molecule has 0 aromatic rings. The van der Waals surface area contributed by atoms with Gasteiger partial charge < -0.3 is 14.6 Å². The van der Waals surface area contributed by atoms with Crippen LogP contribution in [0.4, 0.5) is 0 Å². The zero-order valence-corrected chi connectivity index (χ0v) is 48.3. The molecule has 1 atom stereocenters. The van der Waals surface area contributed by atoms with Crippen LogP contribution in [0.1, 0.15) is 284 Å². The average Bonchev–Trinajstić information content (AvgIpc) is 3.40. The summed E-state index contributed by atoms with van der Waals surface area (Å²) in [5, 5.41) is 9.67. The molecule has 0 aliphatic heterocycles. The van der Waals surface area contributed by atoms with Crippen LogP contribution in [0.3, 0.4) is 0 Å². The van der Waals surface area contributed by atoms with Crippen LogP contribution in [0.15, 0.2) is 122 Å². The summed E-state index contributed by atoms with van der Waals surface area (Å²) in [4.78, 5) is 24.6. The van der Waals surface area contributed by atoms with E-state index in [9.17, 15) is 14.7 Å². The Bertz CT molecular complexity index is 1490. The van der Waals surface area contributed by atoms with Gasteiger partial charge in [-0.1, -0.05) is 283 Å². The maximum atomic E-state index is 12.3. The second-order valence-electron chi connectivity index (χ2n) is 20.4. The predicted molar refractivity (Wildman–Crippen MR) is 325 cm³/mol. The first-order chi connectivity index (χ1) is 36.6. The van der Waals surface area contributed by atoms with Gasteiger partial charge in [-0.05, 0) is 109 Å². The molecule has 0 fully saturated rings. The highest BCUT2D eigenvalue weighted by molar-refractivity contribution is 5.70. The smallest absolute Gasteiger partial charge is 0.306 e. The third-order valence-electron chi connectivity index (χ3n) is 13.2. The van der Waals surface area contributed by atoms with Crippen molar-refractivity contribution in [3.8, 4) is 0 Å². The minimum absolute atomic E-state index is 0.0814. The number of ether oxygens (including phenoxy) is 2. The van der Waals surface area contributed by atoms with Crippen LogP contribution in [-0.2, 0) is 19.1 Å². The summed E-state index contributed by atoms with van der Waals surface area (Å²) < 4.78 is 10.7. The molecule has 0 spiro atoms. The van der Waals surface area contributed by atoms with E-state index >= 15 is 0 Å². The Morgan fingerprint density at radius 2 is 0.581 bits per heavy atom. The summed E-state index contributed by atoms with van der Waals surface area (Å²) in [6, 6.07) is 0. The number of carbonyl (C=O) groups is 2. The Balaban J connectivity index is 3.55. The van der Waals surface area contributed by atoms with Gasteiger partial charge in [-0.2, -0.15) is 0 Å². The van der Waals surface area contributed by atoms with E-state index in [1.165, 1.54) is 148 Å². The highest BCUT2D eigenvalue weighted by Gasteiger charge is 2.16. The number of aliphatic hydroxyl groups is 1. The minimum atomic E-state index is -0.795. The van der Waals surface area contributed by atoms with Crippen molar-refractivity contribution in [3.05, 3.63) is 122 Å². The molecule has 0 aliphatic rings. The van der Waals surface area contributed by atoms with Gasteiger partial charge in [0.2, 0.25) is 0 Å². The van der Waals surface area contributed by atoms with Crippen LogP contribution in [0, 0.1) is 0 Å². The minimum Gasteiger partial charge on any atom is -0.462 e. The third kappa shape index (κ3) is 60.9. The second kappa shape index (κ2) is 63.6. The lowest BCUT2D eigenvalue weighted by atomic mass is 10.0. The third-order valence-corrected chi connectivity index (χ3v) is 13.2. The maximum absolute atomic E-state index is 12.3. The van der Waals surface area contributed by atoms with Crippen LogP contribution < -0.4 is 0 Å². The SMILES string of the molecule is CC/C=C\C/C=C\C/C=C\C/C=C\C/C=C\C/C=C\C/C=C\C/C=C\CCCCCCC(=O)OC(CO)COC(=O)CCCCCCCCCCCCCCCCCCCCC/C=C\C/C=C\CCCCCCC. The van der Waals surface area contributed by atoms with Gasteiger partial charge in [-0.15, -0.1) is 0 Å². The first-order valence-electron chi connectivity index (χ1n) is 31.1. The van der Waals surface area contributed by atoms with E-state index < -0.39 is 6.10 Å². The molecule has 0 aromatic heterocycles. The molecule has 0 rings (SSSR count). The largest absolute Gasteiger partial charge is 0.462 e. The molecule has 0 bridgehead atoms. The fraction of sp³-hybridized carbons (Fsp3) is 0.681. The van der Waals surface area contributed by atoms with E-state index in [1.54, 1.807) is 0 Å². The molecule has 0 radical (unpaired) electrons. The van der Waals surface area contributed by atoms with Gasteiger partial charge in [0.15, 0.2) is 6.10 Å². The van der Waals surface area contributed by atoms with Gasteiger partial charge in [0.1, 0.15) is 6.61 Å². The van der Waals surface area contributed by atoms with Crippen LogP contribution in [-0.4, -0.2) is 36.4 Å². The summed E-state index contributed by atoms with van der Waals surface area (Å²) in [6.07, 6.45) is 93.3. The van der Waals surface area contributed by atoms with E-state index in [1.807, 2.05) is 0 Å². The van der Waals surface area contributed by atoms with E-state index in [0.29, 0.717) is 12.8 Å². The number of hydrogen-bond acceptors (Lipinski definition) is 5. The first kappa shape index (κ1) is 70.3. The average molecular weight is 1030 g/mol. The molecule has 0 heterocycles. The van der Waals surface area contributed by atoms with E-state index in [0.717, 1.165) is 109 Å². The van der Waals surface area contributed by atoms with Crippen molar-refractivity contribution in [2.75, 3.05) is 13.2 Å². The Labute approximate surface area is 458 Å². The highest BCUT2D eigenvalue weighted by Crippen LogP contribution is 2.16. The monoisotopic (exact) mass is 1020 g/mol. The van der Waals surface area contributed by atoms with E-state index in [4.69, 9.17) is 9.47 Å². The Kier molecular flexibility index (Phi) is 60.4.